The smallest absolute Gasteiger partial charge is 0.355 e. The maximum Gasteiger partial charge on any atom is 0.355 e. The quantitative estimate of drug-likeness (QED) is 0.689. The van der Waals surface area contributed by atoms with Crippen LogP contribution < -0.4 is 0 Å². The van der Waals surface area contributed by atoms with Crippen LogP contribution in [-0.4, -0.2) is 17.6 Å². The molecule has 0 atom stereocenters. The Labute approximate surface area is 97.4 Å². The number of halogens is 1. The van der Waals surface area contributed by atoms with E-state index in [1.165, 1.54) is 0 Å². The fraction of sp³-hybridized carbons (Fsp3) is 0.500. The van der Waals surface area contributed by atoms with Crippen LogP contribution in [0, 0.1) is 10.6 Å². The monoisotopic (exact) mass is 307 g/mol. The van der Waals surface area contributed by atoms with Crippen molar-refractivity contribution in [1.29, 1.82) is 0 Å². The van der Waals surface area contributed by atoms with Crippen LogP contribution >= 0.6 is 22.6 Å². The minimum Gasteiger partial charge on any atom is -0.461 e. The summed E-state index contributed by atoms with van der Waals surface area (Å²) in [6, 6.07) is 0. The van der Waals surface area contributed by atoms with E-state index < -0.39 is 0 Å². The van der Waals surface area contributed by atoms with Crippen molar-refractivity contribution in [2.45, 2.75) is 27.2 Å². The Balaban J connectivity index is 3.08. The molecular weight excluding hydrogens is 293 g/mol. The van der Waals surface area contributed by atoms with E-state index in [4.69, 9.17) is 4.74 Å². The first-order chi connectivity index (χ1) is 6.61. The molecule has 1 N–H and O–H groups in total. The summed E-state index contributed by atoms with van der Waals surface area (Å²) in [4.78, 5) is 14.6. The second-order valence-electron chi connectivity index (χ2n) is 2.99. The summed E-state index contributed by atoms with van der Waals surface area (Å²) in [5.41, 5.74) is 2.82. The summed E-state index contributed by atoms with van der Waals surface area (Å²) >= 11 is 2.19. The Bertz CT molecular complexity index is 344. The first-order valence-corrected chi connectivity index (χ1v) is 5.73. The van der Waals surface area contributed by atoms with E-state index in [1.807, 2.05) is 20.8 Å². The van der Waals surface area contributed by atoms with Crippen molar-refractivity contribution in [3.8, 4) is 0 Å². The Morgan fingerprint density at radius 2 is 2.14 bits per heavy atom. The topological polar surface area (TPSA) is 42.1 Å². The third-order valence-electron chi connectivity index (χ3n) is 2.15. The van der Waals surface area contributed by atoms with Gasteiger partial charge in [0.05, 0.1) is 10.3 Å². The molecule has 0 bridgehead atoms. The minimum absolute atomic E-state index is 0.254. The Morgan fingerprint density at radius 3 is 2.64 bits per heavy atom. The molecule has 0 radical (unpaired) electrons. The third kappa shape index (κ3) is 2.10. The van der Waals surface area contributed by atoms with Gasteiger partial charge in [0.15, 0.2) is 0 Å². The minimum atomic E-state index is -0.254. The van der Waals surface area contributed by atoms with Crippen LogP contribution in [0.1, 0.15) is 35.5 Å². The summed E-state index contributed by atoms with van der Waals surface area (Å²) in [7, 11) is 0. The number of ether oxygens (including phenoxy) is 1. The molecule has 0 aliphatic heterocycles. The number of aromatic amines is 1. The predicted octanol–water partition coefficient (Wildman–Crippen LogP) is 2.67. The van der Waals surface area contributed by atoms with Gasteiger partial charge in [0.25, 0.3) is 0 Å². The number of hydrogen-bond donors (Lipinski definition) is 1. The van der Waals surface area contributed by atoms with Crippen LogP contribution in [0.25, 0.3) is 0 Å². The molecule has 1 aromatic rings. The molecule has 0 spiro atoms. The molecule has 0 saturated heterocycles. The van der Waals surface area contributed by atoms with Gasteiger partial charge < -0.3 is 9.72 Å². The van der Waals surface area contributed by atoms with E-state index in [0.29, 0.717) is 12.3 Å². The van der Waals surface area contributed by atoms with Crippen molar-refractivity contribution >= 4 is 28.6 Å². The first-order valence-electron chi connectivity index (χ1n) is 4.65. The molecule has 3 nitrogen and oxygen atoms in total. The van der Waals surface area contributed by atoms with E-state index in [1.54, 1.807) is 0 Å². The van der Waals surface area contributed by atoms with E-state index in [-0.39, 0.29) is 5.97 Å². The SMILES string of the molecule is CCOC(=O)c1[nH]c(I)c(C)c1CC. The van der Waals surface area contributed by atoms with Crippen molar-refractivity contribution in [1.82, 2.24) is 4.98 Å². The number of carbonyl (C=O) groups is 1. The number of aromatic nitrogens is 1. The number of esters is 1. The van der Waals surface area contributed by atoms with Gasteiger partial charge in [0.2, 0.25) is 0 Å². The lowest BCUT2D eigenvalue weighted by Crippen LogP contribution is -2.07. The summed E-state index contributed by atoms with van der Waals surface area (Å²) in [5, 5.41) is 0. The Kier molecular flexibility index (Phi) is 3.97. The number of H-pyrrole nitrogens is 1. The van der Waals surface area contributed by atoms with Gasteiger partial charge in [0, 0.05) is 0 Å². The molecule has 1 heterocycles. The van der Waals surface area contributed by atoms with Crippen molar-refractivity contribution < 1.29 is 9.53 Å². The average molecular weight is 307 g/mol. The number of rotatable bonds is 3. The van der Waals surface area contributed by atoms with Crippen LogP contribution in [0.3, 0.4) is 0 Å². The van der Waals surface area contributed by atoms with Gasteiger partial charge in [-0.3, -0.25) is 0 Å². The third-order valence-corrected chi connectivity index (χ3v) is 3.23. The second kappa shape index (κ2) is 4.82. The molecule has 0 saturated carbocycles. The highest BCUT2D eigenvalue weighted by Gasteiger charge is 2.17. The van der Waals surface area contributed by atoms with Gasteiger partial charge in [-0.1, -0.05) is 6.92 Å². The van der Waals surface area contributed by atoms with E-state index in [0.717, 1.165) is 21.2 Å². The van der Waals surface area contributed by atoms with E-state index >= 15 is 0 Å². The molecule has 0 fully saturated rings. The molecule has 0 aromatic carbocycles. The summed E-state index contributed by atoms with van der Waals surface area (Å²) in [6.07, 6.45) is 0.847. The van der Waals surface area contributed by atoms with Crippen LogP contribution in [0.4, 0.5) is 0 Å². The van der Waals surface area contributed by atoms with Crippen molar-refractivity contribution in [3.05, 3.63) is 20.5 Å². The molecule has 0 unspecified atom stereocenters. The Morgan fingerprint density at radius 1 is 1.50 bits per heavy atom. The van der Waals surface area contributed by atoms with Gasteiger partial charge in [-0.05, 0) is 54.0 Å². The second-order valence-corrected chi connectivity index (χ2v) is 4.07. The zero-order chi connectivity index (χ0) is 10.7. The molecule has 4 heteroatoms. The van der Waals surface area contributed by atoms with Gasteiger partial charge >= 0.3 is 5.97 Å². The van der Waals surface area contributed by atoms with Crippen molar-refractivity contribution in [2.75, 3.05) is 6.61 Å². The fourth-order valence-electron chi connectivity index (χ4n) is 1.42. The average Bonchev–Trinajstić information content (AvgIpc) is 2.44. The molecular formula is C10H14INO2. The Hall–Kier alpha value is -0.520. The van der Waals surface area contributed by atoms with Crippen LogP contribution in [0.2, 0.25) is 0 Å². The van der Waals surface area contributed by atoms with E-state index in [2.05, 4.69) is 27.6 Å². The molecule has 0 aliphatic rings. The lowest BCUT2D eigenvalue weighted by atomic mass is 10.1. The summed E-state index contributed by atoms with van der Waals surface area (Å²) in [5.74, 6) is -0.254. The van der Waals surface area contributed by atoms with Gasteiger partial charge in [-0.15, -0.1) is 0 Å². The normalized spacial score (nSPS) is 10.3. The largest absolute Gasteiger partial charge is 0.461 e. The number of carbonyl (C=O) groups excluding carboxylic acids is 1. The van der Waals surface area contributed by atoms with Gasteiger partial charge in [-0.2, -0.15) is 0 Å². The number of hydrogen-bond acceptors (Lipinski definition) is 2. The van der Waals surface area contributed by atoms with Crippen LogP contribution in [0.5, 0.6) is 0 Å². The van der Waals surface area contributed by atoms with E-state index in [9.17, 15) is 4.79 Å². The predicted molar refractivity (Wildman–Crippen MR) is 63.6 cm³/mol. The van der Waals surface area contributed by atoms with Crippen LogP contribution in [-0.2, 0) is 11.2 Å². The highest BCUT2D eigenvalue weighted by molar-refractivity contribution is 14.1. The molecule has 78 valence electrons. The zero-order valence-corrected chi connectivity index (χ0v) is 10.8. The van der Waals surface area contributed by atoms with Gasteiger partial charge in [-0.25, -0.2) is 4.79 Å². The molecule has 14 heavy (non-hydrogen) atoms. The molecule has 0 amide bonds. The van der Waals surface area contributed by atoms with Crippen molar-refractivity contribution in [3.63, 3.8) is 0 Å². The fourth-order valence-corrected chi connectivity index (χ4v) is 2.01. The zero-order valence-electron chi connectivity index (χ0n) is 8.61. The summed E-state index contributed by atoms with van der Waals surface area (Å²) in [6.45, 7) is 6.27. The van der Waals surface area contributed by atoms with Crippen LogP contribution in [0.15, 0.2) is 0 Å². The maximum absolute atomic E-state index is 11.5. The first kappa shape index (κ1) is 11.6. The molecule has 0 aliphatic carbocycles. The summed E-state index contributed by atoms with van der Waals surface area (Å²) < 4.78 is 5.98. The van der Waals surface area contributed by atoms with Gasteiger partial charge in [0.1, 0.15) is 5.69 Å². The standard InChI is InChI=1S/C10H14INO2/c1-4-7-6(3)9(11)12-8(7)10(13)14-5-2/h12H,4-5H2,1-3H3. The lowest BCUT2D eigenvalue weighted by Gasteiger charge is -2.01. The molecule has 1 aromatic heterocycles. The number of nitrogens with one attached hydrogen (secondary N) is 1. The lowest BCUT2D eigenvalue weighted by molar-refractivity contribution is 0.0519. The molecule has 1 rings (SSSR count). The van der Waals surface area contributed by atoms with Crippen molar-refractivity contribution in [2.24, 2.45) is 0 Å². The maximum atomic E-state index is 11.5. The highest BCUT2D eigenvalue weighted by atomic mass is 127. The highest BCUT2D eigenvalue weighted by Crippen LogP contribution is 2.21.